The summed E-state index contributed by atoms with van der Waals surface area (Å²) in [6, 6.07) is 22.3. The number of esters is 1. The molecule has 0 atom stereocenters. The van der Waals surface area contributed by atoms with E-state index in [-0.39, 0.29) is 15.1 Å². The number of carbonyl (C=O) groups is 1. The van der Waals surface area contributed by atoms with Gasteiger partial charge in [-0.1, -0.05) is 0 Å². The van der Waals surface area contributed by atoms with Crippen molar-refractivity contribution in [1.29, 1.82) is 0 Å². The van der Waals surface area contributed by atoms with Gasteiger partial charge in [0.05, 0.1) is 0 Å². The molecule has 0 heterocycles. The van der Waals surface area contributed by atoms with Gasteiger partial charge in [-0.2, -0.15) is 0 Å². The number of nitrogens with one attached hydrogen (secondary N) is 1. The van der Waals surface area contributed by atoms with Crippen molar-refractivity contribution < 1.29 is 20.5 Å². The minimum atomic E-state index is -4.15. The molecule has 0 unspecified atom stereocenters. The second-order valence-electron chi connectivity index (χ2n) is 7.17. The zero-order valence-corrected chi connectivity index (χ0v) is 22.6. The quantitative estimate of drug-likeness (QED) is 0.167. The second kappa shape index (κ2) is 11.8. The SMILES string of the molecule is CCOC(=O)/C(=C(/C)Nc1ccc(Cl)cc1)I(OS(=O)(=O)c1ccc(C)cc1)c1ccccc1. The van der Waals surface area contributed by atoms with Gasteiger partial charge in [-0.15, -0.1) is 0 Å². The molecule has 0 saturated heterocycles. The summed E-state index contributed by atoms with van der Waals surface area (Å²) in [6.45, 7) is 5.41. The van der Waals surface area contributed by atoms with Crippen LogP contribution in [0.4, 0.5) is 5.69 Å². The number of aryl methyl sites for hydroxylation is 1. The van der Waals surface area contributed by atoms with Crippen LogP contribution in [0.3, 0.4) is 0 Å². The van der Waals surface area contributed by atoms with Gasteiger partial charge in [-0.3, -0.25) is 0 Å². The van der Waals surface area contributed by atoms with Gasteiger partial charge in [0, 0.05) is 0 Å². The van der Waals surface area contributed by atoms with Crippen LogP contribution in [0.2, 0.25) is 5.02 Å². The van der Waals surface area contributed by atoms with Crippen molar-refractivity contribution in [2.24, 2.45) is 0 Å². The number of hydrogen-bond donors (Lipinski definition) is 1. The predicted octanol–water partition coefficient (Wildman–Crippen LogP) is 6.55. The molecule has 0 spiro atoms. The van der Waals surface area contributed by atoms with Gasteiger partial charge in [-0.05, 0) is 0 Å². The molecule has 180 valence electrons. The Bertz CT molecular complexity index is 1260. The fraction of sp³-hybridized carbons (Fsp3) is 0.160. The van der Waals surface area contributed by atoms with Crippen LogP contribution in [-0.2, 0) is 22.2 Å². The number of benzene rings is 3. The molecule has 34 heavy (non-hydrogen) atoms. The second-order valence-corrected chi connectivity index (χ2v) is 13.9. The maximum absolute atomic E-state index is 13.2. The van der Waals surface area contributed by atoms with E-state index in [1.165, 1.54) is 12.1 Å². The van der Waals surface area contributed by atoms with Gasteiger partial charge in [0.2, 0.25) is 0 Å². The van der Waals surface area contributed by atoms with E-state index in [2.05, 4.69) is 5.32 Å². The van der Waals surface area contributed by atoms with E-state index in [0.29, 0.717) is 20.0 Å². The number of halogens is 2. The molecule has 0 saturated carbocycles. The molecule has 0 aliphatic rings. The van der Waals surface area contributed by atoms with Gasteiger partial charge < -0.3 is 0 Å². The number of hydrogen-bond acceptors (Lipinski definition) is 6. The fourth-order valence-corrected chi connectivity index (χ4v) is 10.2. The Morgan fingerprint density at radius 2 is 1.59 bits per heavy atom. The predicted molar refractivity (Wildman–Crippen MR) is 143 cm³/mol. The Labute approximate surface area is 213 Å². The van der Waals surface area contributed by atoms with E-state index in [1.807, 2.05) is 13.0 Å². The molecule has 0 bridgehead atoms. The summed E-state index contributed by atoms with van der Waals surface area (Å²) in [5.74, 6) is -0.616. The Kier molecular flexibility index (Phi) is 9.12. The van der Waals surface area contributed by atoms with Crippen LogP contribution in [0, 0.1) is 10.5 Å². The first-order valence-electron chi connectivity index (χ1n) is 10.4. The third-order valence-electron chi connectivity index (χ3n) is 4.52. The van der Waals surface area contributed by atoms with Crippen molar-refractivity contribution in [2.75, 3.05) is 11.9 Å². The van der Waals surface area contributed by atoms with E-state index in [4.69, 9.17) is 18.9 Å². The van der Waals surface area contributed by atoms with Crippen LogP contribution in [0.5, 0.6) is 0 Å². The van der Waals surface area contributed by atoms with Gasteiger partial charge >= 0.3 is 214 Å². The number of carbonyl (C=O) groups excluding carboxylic acids is 1. The normalized spacial score (nSPS) is 12.5. The molecule has 9 heteroatoms. The van der Waals surface area contributed by atoms with Crippen molar-refractivity contribution in [3.05, 3.63) is 102 Å². The molecule has 3 rings (SSSR count). The fourth-order valence-electron chi connectivity index (χ4n) is 2.88. The number of allylic oxidation sites excluding steroid dienone is 1. The molecule has 0 aliphatic carbocycles. The molecule has 0 radical (unpaired) electrons. The van der Waals surface area contributed by atoms with Crippen molar-refractivity contribution >= 4 is 53.6 Å². The zero-order valence-electron chi connectivity index (χ0n) is 18.9. The molecule has 1 N–H and O–H groups in total. The first-order valence-corrected chi connectivity index (χ1v) is 15.2. The maximum atomic E-state index is 13.2. The summed E-state index contributed by atoms with van der Waals surface area (Å²) in [7, 11) is -4.15. The minimum absolute atomic E-state index is 0.0304. The van der Waals surface area contributed by atoms with E-state index in [9.17, 15) is 13.2 Å². The number of rotatable bonds is 9. The Morgan fingerprint density at radius 1 is 0.971 bits per heavy atom. The van der Waals surface area contributed by atoms with Crippen molar-refractivity contribution in [3.8, 4) is 0 Å². The first kappa shape index (κ1) is 26.2. The number of ether oxygens (including phenoxy) is 1. The Balaban J connectivity index is 2.11. The molecule has 0 aliphatic heterocycles. The number of anilines is 1. The third-order valence-corrected chi connectivity index (χ3v) is 12.5. The van der Waals surface area contributed by atoms with Crippen molar-refractivity contribution in [1.82, 2.24) is 0 Å². The average molecular weight is 614 g/mol. The van der Waals surface area contributed by atoms with Gasteiger partial charge in [0.25, 0.3) is 0 Å². The molecule has 3 aromatic rings. The summed E-state index contributed by atoms with van der Waals surface area (Å²) in [6.07, 6.45) is 0. The Morgan fingerprint density at radius 3 is 2.18 bits per heavy atom. The topological polar surface area (TPSA) is 81.7 Å². The van der Waals surface area contributed by atoms with E-state index in [1.54, 1.807) is 74.5 Å². The summed E-state index contributed by atoms with van der Waals surface area (Å²) < 4.78 is 38.5. The molecule has 0 amide bonds. The standard InChI is InChI=1S/C25H25ClINO5S/c1-4-32-25(29)24(19(3)28-22-14-12-20(26)13-15-22)27(21-8-6-5-7-9-21)33-34(30,31)23-16-10-18(2)11-17-23/h5-17,28H,4H2,1-3H3/b24-19+. The monoisotopic (exact) mass is 613 g/mol. The van der Waals surface area contributed by atoms with E-state index in [0.717, 1.165) is 5.56 Å². The van der Waals surface area contributed by atoms with Crippen molar-refractivity contribution in [3.63, 3.8) is 0 Å². The third kappa shape index (κ3) is 6.82. The van der Waals surface area contributed by atoms with E-state index >= 15 is 0 Å². The molecule has 3 aromatic carbocycles. The summed E-state index contributed by atoms with van der Waals surface area (Å²) >= 11 is 2.66. The summed E-state index contributed by atoms with van der Waals surface area (Å²) in [5, 5.41) is 3.75. The molecular weight excluding hydrogens is 589 g/mol. The zero-order chi connectivity index (χ0) is 24.7. The first-order chi connectivity index (χ1) is 16.2. The molecule has 0 fully saturated rings. The van der Waals surface area contributed by atoms with Crippen LogP contribution in [-0.4, -0.2) is 21.0 Å². The van der Waals surface area contributed by atoms with Gasteiger partial charge in [0.1, 0.15) is 0 Å². The van der Waals surface area contributed by atoms with Crippen LogP contribution < -0.4 is 5.32 Å². The summed E-state index contributed by atoms with van der Waals surface area (Å²) in [4.78, 5) is 13.2. The van der Waals surface area contributed by atoms with Crippen LogP contribution in [0.15, 0.2) is 93.0 Å². The molecule has 0 aromatic heterocycles. The van der Waals surface area contributed by atoms with Gasteiger partial charge in [0.15, 0.2) is 0 Å². The average Bonchev–Trinajstić information content (AvgIpc) is 2.81. The molecular formula is C25H25ClINO5S. The molecule has 6 nitrogen and oxygen atoms in total. The Hall–Kier alpha value is -2.40. The van der Waals surface area contributed by atoms with Crippen molar-refractivity contribution in [2.45, 2.75) is 25.7 Å². The van der Waals surface area contributed by atoms with Crippen LogP contribution in [0.1, 0.15) is 19.4 Å². The van der Waals surface area contributed by atoms with Crippen LogP contribution in [0.25, 0.3) is 0 Å². The van der Waals surface area contributed by atoms with Crippen LogP contribution >= 0.6 is 31.8 Å². The van der Waals surface area contributed by atoms with Gasteiger partial charge in [-0.25, -0.2) is 0 Å². The van der Waals surface area contributed by atoms with E-state index < -0.39 is 36.3 Å². The summed E-state index contributed by atoms with van der Waals surface area (Å²) in [5.41, 5.74) is 2.07.